The molecule has 0 radical (unpaired) electrons. The molecule has 0 bridgehead atoms. The highest BCUT2D eigenvalue weighted by atomic mass is 35.5. The average molecular weight is 292 g/mol. The maximum absolute atomic E-state index is 12.4. The summed E-state index contributed by atoms with van der Waals surface area (Å²) in [5.74, 6) is 0.737. The lowest BCUT2D eigenvalue weighted by Gasteiger charge is -2.28. The van der Waals surface area contributed by atoms with Gasteiger partial charge in [-0.05, 0) is 12.1 Å². The van der Waals surface area contributed by atoms with E-state index in [1.807, 2.05) is 24.3 Å². The number of benzene rings is 1. The van der Waals surface area contributed by atoms with Crippen LogP contribution in [0.3, 0.4) is 0 Å². The number of halogens is 1. The molecule has 0 unspecified atom stereocenters. The Hall–Kier alpha value is -1.59. The lowest BCUT2D eigenvalue weighted by atomic mass is 10.2. The lowest BCUT2D eigenvalue weighted by Crippen LogP contribution is -2.35. The zero-order chi connectivity index (χ0) is 13.2. The van der Waals surface area contributed by atoms with Crippen LogP contribution in [-0.4, -0.2) is 28.2 Å². The van der Waals surface area contributed by atoms with Gasteiger partial charge in [-0.3, -0.25) is 4.79 Å². The summed E-state index contributed by atoms with van der Waals surface area (Å²) in [4.78, 5) is 23.2. The summed E-state index contributed by atoms with van der Waals surface area (Å²) in [6.45, 7) is 0.671. The first-order valence-electron chi connectivity index (χ1n) is 5.77. The third-order valence-corrected chi connectivity index (χ3v) is 4.05. The molecule has 0 spiro atoms. The third-order valence-electron chi connectivity index (χ3n) is 2.81. The largest absolute Gasteiger partial charge is 0.305 e. The Kier molecular flexibility index (Phi) is 3.40. The van der Waals surface area contributed by atoms with Gasteiger partial charge in [0, 0.05) is 17.2 Å². The maximum atomic E-state index is 12.4. The van der Waals surface area contributed by atoms with E-state index < -0.39 is 0 Å². The van der Waals surface area contributed by atoms with Crippen LogP contribution < -0.4 is 4.90 Å². The second-order valence-electron chi connectivity index (χ2n) is 4.00. The summed E-state index contributed by atoms with van der Waals surface area (Å²) >= 11 is 7.44. The molecule has 0 saturated heterocycles. The topological polar surface area (TPSA) is 46.1 Å². The molecule has 1 aromatic heterocycles. The summed E-state index contributed by atoms with van der Waals surface area (Å²) < 4.78 is 0. The summed E-state index contributed by atoms with van der Waals surface area (Å²) in [5.41, 5.74) is 1.24. The normalized spacial score (nSPS) is 14.1. The van der Waals surface area contributed by atoms with Gasteiger partial charge in [0.1, 0.15) is 10.8 Å². The number of nitrogens with zero attached hydrogens (tertiary/aromatic N) is 3. The van der Waals surface area contributed by atoms with E-state index in [0.717, 1.165) is 16.3 Å². The van der Waals surface area contributed by atoms with Crippen LogP contribution in [-0.2, 0) is 0 Å². The fourth-order valence-corrected chi connectivity index (χ4v) is 3.03. The van der Waals surface area contributed by atoms with Crippen molar-refractivity contribution in [3.63, 3.8) is 0 Å². The van der Waals surface area contributed by atoms with Crippen LogP contribution in [0.5, 0.6) is 0 Å². The Morgan fingerprint density at radius 1 is 1.26 bits per heavy atom. The van der Waals surface area contributed by atoms with Crippen LogP contribution in [0.4, 0.5) is 5.69 Å². The number of rotatable bonds is 1. The van der Waals surface area contributed by atoms with Crippen molar-refractivity contribution in [2.45, 2.75) is 4.90 Å². The van der Waals surface area contributed by atoms with Crippen LogP contribution in [0, 0.1) is 0 Å². The summed E-state index contributed by atoms with van der Waals surface area (Å²) in [6, 6.07) is 7.87. The van der Waals surface area contributed by atoms with Gasteiger partial charge in [0.15, 0.2) is 0 Å². The van der Waals surface area contributed by atoms with Gasteiger partial charge >= 0.3 is 0 Å². The number of fused-ring (bicyclic) bond motifs is 1. The smallest absolute Gasteiger partial charge is 0.278 e. The summed E-state index contributed by atoms with van der Waals surface area (Å²) in [6.07, 6.45) is 2.80. The van der Waals surface area contributed by atoms with E-state index in [1.54, 1.807) is 16.7 Å². The van der Waals surface area contributed by atoms with Crippen molar-refractivity contribution >= 4 is 35.0 Å². The number of hydrogen-bond acceptors (Lipinski definition) is 4. The molecule has 0 fully saturated rings. The molecule has 1 aliphatic heterocycles. The minimum absolute atomic E-state index is 0.142. The van der Waals surface area contributed by atoms with Crippen molar-refractivity contribution in [3.05, 3.63) is 47.5 Å². The van der Waals surface area contributed by atoms with Crippen molar-refractivity contribution in [1.82, 2.24) is 9.97 Å². The van der Waals surface area contributed by atoms with E-state index >= 15 is 0 Å². The SMILES string of the molecule is O=C(c1cnc(Cl)cn1)N1CCSc2ccccc21. The summed E-state index contributed by atoms with van der Waals surface area (Å²) in [7, 11) is 0. The summed E-state index contributed by atoms with van der Waals surface area (Å²) in [5, 5.41) is 0.283. The molecule has 0 saturated carbocycles. The van der Waals surface area contributed by atoms with Crippen molar-refractivity contribution in [3.8, 4) is 0 Å². The van der Waals surface area contributed by atoms with Gasteiger partial charge in [-0.1, -0.05) is 23.7 Å². The van der Waals surface area contributed by atoms with E-state index in [9.17, 15) is 4.79 Å². The average Bonchev–Trinajstić information content (AvgIpc) is 2.47. The van der Waals surface area contributed by atoms with Gasteiger partial charge in [-0.15, -0.1) is 11.8 Å². The van der Waals surface area contributed by atoms with Crippen LogP contribution in [0.15, 0.2) is 41.6 Å². The molecule has 6 heteroatoms. The van der Waals surface area contributed by atoms with Crippen LogP contribution in [0.2, 0.25) is 5.15 Å². The quantitative estimate of drug-likeness (QED) is 0.810. The first-order valence-corrected chi connectivity index (χ1v) is 7.13. The molecule has 2 heterocycles. The molecule has 1 amide bonds. The van der Waals surface area contributed by atoms with Crippen molar-refractivity contribution < 1.29 is 4.79 Å². The van der Waals surface area contributed by atoms with E-state index in [2.05, 4.69) is 9.97 Å². The zero-order valence-electron chi connectivity index (χ0n) is 9.91. The van der Waals surface area contributed by atoms with E-state index in [0.29, 0.717) is 12.2 Å². The zero-order valence-corrected chi connectivity index (χ0v) is 11.5. The number of para-hydroxylation sites is 1. The Morgan fingerprint density at radius 2 is 2.11 bits per heavy atom. The molecule has 0 atom stereocenters. The first kappa shape index (κ1) is 12.4. The predicted octanol–water partition coefficient (Wildman–Crippen LogP) is 2.88. The van der Waals surface area contributed by atoms with Crippen LogP contribution in [0.1, 0.15) is 10.5 Å². The highest BCUT2D eigenvalue weighted by Gasteiger charge is 2.24. The molecule has 2 aromatic rings. The number of amides is 1. The second-order valence-corrected chi connectivity index (χ2v) is 5.52. The third kappa shape index (κ3) is 2.43. The van der Waals surface area contributed by atoms with E-state index in [1.165, 1.54) is 12.4 Å². The highest BCUT2D eigenvalue weighted by Crippen LogP contribution is 2.34. The first-order chi connectivity index (χ1) is 9.25. The lowest BCUT2D eigenvalue weighted by molar-refractivity contribution is 0.0982. The molecular formula is C13H10ClN3OS. The number of carbonyl (C=O) groups excluding carboxylic acids is 1. The van der Waals surface area contributed by atoms with Gasteiger partial charge in [0.25, 0.3) is 5.91 Å². The Labute approximate surface area is 119 Å². The molecule has 19 heavy (non-hydrogen) atoms. The van der Waals surface area contributed by atoms with Crippen LogP contribution >= 0.6 is 23.4 Å². The number of anilines is 1. The second kappa shape index (κ2) is 5.19. The molecule has 0 aliphatic carbocycles. The fourth-order valence-electron chi connectivity index (χ4n) is 1.94. The number of thioether (sulfide) groups is 1. The Bertz CT molecular complexity index is 618. The number of carbonyl (C=O) groups is 1. The number of aromatic nitrogens is 2. The molecular weight excluding hydrogens is 282 g/mol. The van der Waals surface area contributed by atoms with Gasteiger partial charge < -0.3 is 4.90 Å². The van der Waals surface area contributed by atoms with Gasteiger partial charge in [-0.2, -0.15) is 0 Å². The molecule has 0 N–H and O–H groups in total. The highest BCUT2D eigenvalue weighted by molar-refractivity contribution is 7.99. The van der Waals surface area contributed by atoms with E-state index in [4.69, 9.17) is 11.6 Å². The number of hydrogen-bond donors (Lipinski definition) is 0. The molecule has 1 aromatic carbocycles. The molecule has 96 valence electrons. The predicted molar refractivity (Wildman–Crippen MR) is 75.9 cm³/mol. The minimum Gasteiger partial charge on any atom is -0.305 e. The van der Waals surface area contributed by atoms with Crippen LogP contribution in [0.25, 0.3) is 0 Å². The molecule has 4 nitrogen and oxygen atoms in total. The van der Waals surface area contributed by atoms with Gasteiger partial charge in [0.2, 0.25) is 0 Å². The molecule has 1 aliphatic rings. The standard InChI is InChI=1S/C13H10ClN3OS/c14-12-8-15-9(7-16-12)13(18)17-5-6-19-11-4-2-1-3-10(11)17/h1-4,7-8H,5-6H2. The maximum Gasteiger partial charge on any atom is 0.278 e. The molecule has 3 rings (SSSR count). The fraction of sp³-hybridized carbons (Fsp3) is 0.154. The Balaban J connectivity index is 1.95. The van der Waals surface area contributed by atoms with Crippen molar-refractivity contribution in [1.29, 1.82) is 0 Å². The van der Waals surface area contributed by atoms with Gasteiger partial charge in [0.05, 0.1) is 18.1 Å². The monoisotopic (exact) mass is 291 g/mol. The van der Waals surface area contributed by atoms with Gasteiger partial charge in [-0.25, -0.2) is 9.97 Å². The minimum atomic E-state index is -0.142. The van der Waals surface area contributed by atoms with Crippen molar-refractivity contribution in [2.75, 3.05) is 17.2 Å². The van der Waals surface area contributed by atoms with Crippen molar-refractivity contribution in [2.24, 2.45) is 0 Å². The van der Waals surface area contributed by atoms with E-state index in [-0.39, 0.29) is 11.1 Å². The Morgan fingerprint density at radius 3 is 2.89 bits per heavy atom.